The Hall–Kier alpha value is -1.25. The molecule has 3 rings (SSSR count). The van der Waals surface area contributed by atoms with Gasteiger partial charge in [-0.1, -0.05) is 73.7 Å². The Morgan fingerprint density at radius 3 is 1.79 bits per heavy atom. The number of rotatable bonds is 8. The summed E-state index contributed by atoms with van der Waals surface area (Å²) in [6, 6.07) is 12.9. The van der Waals surface area contributed by atoms with Crippen LogP contribution in [-0.4, -0.2) is 9.79 Å². The van der Waals surface area contributed by atoms with Gasteiger partial charge in [0.15, 0.2) is 0 Å². The van der Waals surface area contributed by atoms with E-state index in [1.54, 1.807) is 0 Å². The Bertz CT molecular complexity index is 804. The third kappa shape index (κ3) is 4.03. The van der Waals surface area contributed by atoms with Crippen molar-refractivity contribution in [3.63, 3.8) is 0 Å². The summed E-state index contributed by atoms with van der Waals surface area (Å²) in [6.45, 7) is 10.6. The van der Waals surface area contributed by atoms with Gasteiger partial charge in [0.2, 0.25) is 0 Å². The molecule has 2 aromatic carbocycles. The molecule has 4 heteroatoms. The van der Waals surface area contributed by atoms with E-state index in [-0.39, 0.29) is 5.41 Å². The second kappa shape index (κ2) is 8.86. The predicted octanol–water partition coefficient (Wildman–Crippen LogP) is 6.75. The third-order valence-corrected chi connectivity index (χ3v) is 7.24. The average molecular weight is 415 g/mol. The van der Waals surface area contributed by atoms with Crippen LogP contribution in [0.4, 0.5) is 0 Å². The van der Waals surface area contributed by atoms with E-state index in [1.807, 2.05) is 0 Å². The van der Waals surface area contributed by atoms with Crippen molar-refractivity contribution in [1.82, 2.24) is 0 Å². The highest BCUT2D eigenvalue weighted by molar-refractivity contribution is 7.39. The highest BCUT2D eigenvalue weighted by Gasteiger charge is 2.59. The van der Waals surface area contributed by atoms with Crippen molar-refractivity contribution >= 4 is 8.60 Å². The van der Waals surface area contributed by atoms with Gasteiger partial charge in [-0.25, -0.2) is 0 Å². The van der Waals surface area contributed by atoms with Crippen LogP contribution in [0.25, 0.3) is 0 Å². The lowest BCUT2D eigenvalue weighted by Crippen LogP contribution is -2.53. The van der Waals surface area contributed by atoms with Gasteiger partial charge in [-0.2, -0.15) is 0 Å². The Morgan fingerprint density at radius 1 is 0.931 bits per heavy atom. The van der Waals surface area contributed by atoms with Gasteiger partial charge in [-0.05, 0) is 69.2 Å². The van der Waals surface area contributed by atoms with E-state index < -0.39 is 14.2 Å². The van der Waals surface area contributed by atoms with Gasteiger partial charge in [0.25, 0.3) is 0 Å². The minimum absolute atomic E-state index is 0.130. The second-order valence-corrected chi connectivity index (χ2v) is 9.59. The smallest absolute Gasteiger partial charge is 0.328 e. The van der Waals surface area contributed by atoms with E-state index in [4.69, 9.17) is 4.52 Å². The molecule has 0 saturated heterocycles. The zero-order valence-electron chi connectivity index (χ0n) is 18.5. The van der Waals surface area contributed by atoms with Crippen LogP contribution in [0, 0.1) is 33.1 Å². The highest BCUT2D eigenvalue weighted by atomic mass is 31.2. The number of aryl methyl sites for hydroxylation is 4. The zero-order valence-corrected chi connectivity index (χ0v) is 19.4. The largest absolute Gasteiger partial charge is 0.328 e. The molecule has 2 N–H and O–H groups in total. The maximum atomic E-state index is 10.2. The summed E-state index contributed by atoms with van der Waals surface area (Å²) in [4.78, 5) is 20.4. The van der Waals surface area contributed by atoms with Gasteiger partial charge in [-0.15, -0.1) is 0 Å². The molecular weight excluding hydrogens is 379 g/mol. The van der Waals surface area contributed by atoms with Crippen molar-refractivity contribution in [2.24, 2.45) is 5.41 Å². The molecule has 2 aromatic rings. The first kappa shape index (κ1) is 22.4. The van der Waals surface area contributed by atoms with Gasteiger partial charge in [0.1, 0.15) is 5.60 Å². The van der Waals surface area contributed by atoms with E-state index in [9.17, 15) is 9.79 Å². The normalized spacial score (nSPS) is 16.1. The van der Waals surface area contributed by atoms with Crippen LogP contribution in [0.2, 0.25) is 0 Å². The number of benzene rings is 2. The molecule has 0 radical (unpaired) electrons. The number of hydrogen-bond acceptors (Lipinski definition) is 3. The van der Waals surface area contributed by atoms with Crippen LogP contribution in [0.5, 0.6) is 0 Å². The summed E-state index contributed by atoms with van der Waals surface area (Å²) in [5.41, 5.74) is 5.84. The van der Waals surface area contributed by atoms with E-state index in [0.717, 1.165) is 60.8 Å². The number of unbranched alkanes of at least 4 members (excludes halogenated alkanes) is 1. The zero-order chi connectivity index (χ0) is 21.2. The molecule has 0 bridgehead atoms. The lowest BCUT2D eigenvalue weighted by Gasteiger charge is -2.57. The molecule has 1 aliphatic rings. The summed E-state index contributed by atoms with van der Waals surface area (Å²) in [5.74, 6) is 0. The fourth-order valence-electron chi connectivity index (χ4n) is 5.35. The van der Waals surface area contributed by atoms with Gasteiger partial charge in [0, 0.05) is 5.41 Å². The summed E-state index contributed by atoms with van der Waals surface area (Å²) >= 11 is 0. The first-order valence-electron chi connectivity index (χ1n) is 10.8. The summed E-state index contributed by atoms with van der Waals surface area (Å²) in [7, 11) is -2.53. The fourth-order valence-corrected chi connectivity index (χ4v) is 5.98. The Morgan fingerprint density at radius 2 is 1.45 bits per heavy atom. The van der Waals surface area contributed by atoms with Crippen molar-refractivity contribution in [2.45, 2.75) is 78.7 Å². The molecule has 1 fully saturated rings. The van der Waals surface area contributed by atoms with Gasteiger partial charge in [0.05, 0.1) is 0 Å². The minimum atomic E-state index is -2.53. The van der Waals surface area contributed by atoms with Crippen molar-refractivity contribution in [3.8, 4) is 0 Å². The van der Waals surface area contributed by atoms with Crippen molar-refractivity contribution in [1.29, 1.82) is 0 Å². The SMILES string of the molecule is CCCCC1(C(OP(O)O)(c2ccc(C)cc2C)c2ccc(C)cc2C)CCC1. The van der Waals surface area contributed by atoms with Crippen LogP contribution in [0.3, 0.4) is 0 Å². The molecule has 1 aliphatic carbocycles. The minimum Gasteiger partial charge on any atom is -0.328 e. The third-order valence-electron chi connectivity index (χ3n) is 6.81. The molecule has 3 nitrogen and oxygen atoms in total. The average Bonchev–Trinajstić information content (AvgIpc) is 2.59. The maximum absolute atomic E-state index is 10.2. The predicted molar refractivity (Wildman–Crippen MR) is 121 cm³/mol. The van der Waals surface area contributed by atoms with Crippen LogP contribution in [0.1, 0.15) is 78.8 Å². The Balaban J connectivity index is 2.36. The lowest BCUT2D eigenvalue weighted by atomic mass is 9.52. The maximum Gasteiger partial charge on any atom is 0.328 e. The first-order chi connectivity index (χ1) is 13.8. The van der Waals surface area contributed by atoms with Gasteiger partial charge < -0.3 is 9.79 Å². The fraction of sp³-hybridized carbons (Fsp3) is 0.520. The lowest BCUT2D eigenvalue weighted by molar-refractivity contribution is -0.0985. The molecule has 0 atom stereocenters. The summed E-state index contributed by atoms with van der Waals surface area (Å²) in [5, 5.41) is 0. The standard InChI is InChI=1S/C25H35O3P/c1-6-7-13-24(14-8-15-24)25(28-29(26)27,22-11-9-18(2)16-20(22)4)23-12-10-19(3)17-21(23)5/h9-12,16-17,26-27H,6-8,13-15H2,1-5H3. The van der Waals surface area contributed by atoms with Gasteiger partial charge >= 0.3 is 8.60 Å². The quantitative estimate of drug-likeness (QED) is 0.470. The van der Waals surface area contributed by atoms with Crippen LogP contribution in [-0.2, 0) is 10.1 Å². The molecule has 1 saturated carbocycles. The molecule has 0 spiro atoms. The molecule has 0 aliphatic heterocycles. The Labute approximate surface area is 177 Å². The molecular formula is C25H35O3P. The number of hydrogen-bond donors (Lipinski definition) is 2. The van der Waals surface area contributed by atoms with Crippen molar-refractivity contribution in [2.75, 3.05) is 0 Å². The van der Waals surface area contributed by atoms with Crippen LogP contribution < -0.4 is 0 Å². The van der Waals surface area contributed by atoms with E-state index in [0.29, 0.717) is 0 Å². The van der Waals surface area contributed by atoms with E-state index >= 15 is 0 Å². The molecule has 158 valence electrons. The van der Waals surface area contributed by atoms with Crippen LogP contribution in [0.15, 0.2) is 36.4 Å². The summed E-state index contributed by atoms with van der Waals surface area (Å²) < 4.78 is 6.33. The molecule has 0 heterocycles. The monoisotopic (exact) mass is 414 g/mol. The Kier molecular flexibility index (Phi) is 6.85. The second-order valence-electron chi connectivity index (χ2n) is 8.90. The van der Waals surface area contributed by atoms with E-state index in [1.165, 1.54) is 11.1 Å². The molecule has 0 aromatic heterocycles. The van der Waals surface area contributed by atoms with Crippen molar-refractivity contribution in [3.05, 3.63) is 69.8 Å². The first-order valence-corrected chi connectivity index (χ1v) is 11.9. The molecule has 29 heavy (non-hydrogen) atoms. The highest BCUT2D eigenvalue weighted by Crippen LogP contribution is 2.65. The topological polar surface area (TPSA) is 49.7 Å². The van der Waals surface area contributed by atoms with Crippen LogP contribution >= 0.6 is 8.60 Å². The molecule has 0 amide bonds. The molecule has 0 unspecified atom stereocenters. The summed E-state index contributed by atoms with van der Waals surface area (Å²) in [6.07, 6.45) is 6.47. The van der Waals surface area contributed by atoms with Crippen molar-refractivity contribution < 1.29 is 14.3 Å². The van der Waals surface area contributed by atoms with Gasteiger partial charge in [-0.3, -0.25) is 4.52 Å². The van der Waals surface area contributed by atoms with E-state index in [2.05, 4.69) is 71.0 Å².